The third-order valence-corrected chi connectivity index (χ3v) is 8.89. The van der Waals surface area contributed by atoms with Gasteiger partial charge in [0.25, 0.3) is 0 Å². The van der Waals surface area contributed by atoms with E-state index < -0.39 is 10.0 Å². The molecule has 7 heteroatoms. The van der Waals surface area contributed by atoms with Crippen LogP contribution in [0.15, 0.2) is 35.2 Å². The number of aryl methyl sites for hydroxylation is 1. The first-order chi connectivity index (χ1) is 13.8. The zero-order valence-electron chi connectivity index (χ0n) is 17.4. The van der Waals surface area contributed by atoms with Crippen molar-refractivity contribution in [3.8, 4) is 5.06 Å². The SMILES string of the molecule is Cc1ccc(S(=O)(=O)N2CCc3cc(OC4CCN(C(C)C)CC4)sc3C2)cc1. The van der Waals surface area contributed by atoms with Crippen LogP contribution in [0.4, 0.5) is 0 Å². The smallest absolute Gasteiger partial charge is 0.243 e. The zero-order chi connectivity index (χ0) is 20.6. The van der Waals surface area contributed by atoms with Crippen molar-refractivity contribution in [3.05, 3.63) is 46.3 Å². The average molecular weight is 435 g/mol. The molecule has 2 aliphatic rings. The number of piperidine rings is 1. The first-order valence-electron chi connectivity index (χ1n) is 10.4. The number of likely N-dealkylation sites (tertiary alicyclic amines) is 1. The average Bonchev–Trinajstić information content (AvgIpc) is 3.10. The Labute approximate surface area is 178 Å². The summed E-state index contributed by atoms with van der Waals surface area (Å²) in [5.41, 5.74) is 2.30. The Kier molecular flexibility index (Phi) is 6.02. The van der Waals surface area contributed by atoms with Crippen molar-refractivity contribution in [2.45, 2.75) is 63.6 Å². The summed E-state index contributed by atoms with van der Waals surface area (Å²) in [6, 6.07) is 9.82. The molecule has 29 heavy (non-hydrogen) atoms. The van der Waals surface area contributed by atoms with Gasteiger partial charge in [0, 0.05) is 37.1 Å². The normalized spacial score (nSPS) is 19.4. The largest absolute Gasteiger partial charge is 0.481 e. The van der Waals surface area contributed by atoms with Crippen LogP contribution in [-0.2, 0) is 23.0 Å². The van der Waals surface area contributed by atoms with Crippen LogP contribution in [0.25, 0.3) is 0 Å². The summed E-state index contributed by atoms with van der Waals surface area (Å²) in [7, 11) is -3.46. The molecule has 2 aromatic rings. The highest BCUT2D eigenvalue weighted by Crippen LogP contribution is 2.36. The van der Waals surface area contributed by atoms with Crippen LogP contribution in [0.1, 0.15) is 42.7 Å². The van der Waals surface area contributed by atoms with Crippen molar-refractivity contribution < 1.29 is 13.2 Å². The van der Waals surface area contributed by atoms with Gasteiger partial charge in [-0.25, -0.2) is 8.42 Å². The fraction of sp³-hybridized carbons (Fsp3) is 0.545. The van der Waals surface area contributed by atoms with Crippen LogP contribution < -0.4 is 4.74 Å². The Hall–Kier alpha value is -1.41. The highest BCUT2D eigenvalue weighted by atomic mass is 32.2. The molecule has 0 unspecified atom stereocenters. The molecule has 0 N–H and O–H groups in total. The summed E-state index contributed by atoms with van der Waals surface area (Å²) in [4.78, 5) is 3.98. The number of thiophene rings is 1. The molecule has 3 heterocycles. The van der Waals surface area contributed by atoms with Crippen LogP contribution in [-0.4, -0.2) is 49.4 Å². The minimum Gasteiger partial charge on any atom is -0.481 e. The van der Waals surface area contributed by atoms with Gasteiger partial charge in [-0.2, -0.15) is 4.31 Å². The number of sulfonamides is 1. The fourth-order valence-corrected chi connectivity index (χ4v) is 6.70. The Morgan fingerprint density at radius 1 is 1.10 bits per heavy atom. The zero-order valence-corrected chi connectivity index (χ0v) is 19.1. The first kappa shape index (κ1) is 20.8. The predicted octanol–water partition coefficient (Wildman–Crippen LogP) is 4.06. The minimum atomic E-state index is -3.46. The molecule has 2 aliphatic heterocycles. The van der Waals surface area contributed by atoms with Crippen molar-refractivity contribution in [1.82, 2.24) is 9.21 Å². The quantitative estimate of drug-likeness (QED) is 0.712. The van der Waals surface area contributed by atoms with E-state index in [1.807, 2.05) is 19.1 Å². The lowest BCUT2D eigenvalue weighted by Gasteiger charge is -2.34. The molecule has 4 rings (SSSR count). The summed E-state index contributed by atoms with van der Waals surface area (Å²) >= 11 is 1.61. The molecule has 1 saturated heterocycles. The fourth-order valence-electron chi connectivity index (χ4n) is 4.07. The van der Waals surface area contributed by atoms with Gasteiger partial charge in [-0.05, 0) is 63.8 Å². The van der Waals surface area contributed by atoms with Crippen molar-refractivity contribution >= 4 is 21.4 Å². The van der Waals surface area contributed by atoms with Crippen LogP contribution in [0.3, 0.4) is 0 Å². The lowest BCUT2D eigenvalue weighted by atomic mass is 10.1. The van der Waals surface area contributed by atoms with Gasteiger partial charge in [0.1, 0.15) is 6.10 Å². The lowest BCUT2D eigenvalue weighted by molar-refractivity contribution is 0.0868. The van der Waals surface area contributed by atoms with Crippen LogP contribution in [0.2, 0.25) is 0 Å². The molecule has 1 aromatic heterocycles. The molecule has 0 aliphatic carbocycles. The highest BCUT2D eigenvalue weighted by molar-refractivity contribution is 7.89. The maximum absolute atomic E-state index is 13.0. The second-order valence-electron chi connectivity index (χ2n) is 8.36. The second-order valence-corrected chi connectivity index (χ2v) is 11.4. The molecule has 0 saturated carbocycles. The number of fused-ring (bicyclic) bond motifs is 1. The van der Waals surface area contributed by atoms with Gasteiger partial charge in [0.05, 0.1) is 4.90 Å². The third kappa shape index (κ3) is 4.53. The molecule has 0 bridgehead atoms. The van der Waals surface area contributed by atoms with Crippen molar-refractivity contribution in [1.29, 1.82) is 0 Å². The van der Waals surface area contributed by atoms with Crippen molar-refractivity contribution in [2.75, 3.05) is 19.6 Å². The Morgan fingerprint density at radius 2 is 1.79 bits per heavy atom. The van der Waals surface area contributed by atoms with Crippen molar-refractivity contribution in [2.24, 2.45) is 0 Å². The lowest BCUT2D eigenvalue weighted by Crippen LogP contribution is -2.41. The van der Waals surface area contributed by atoms with Gasteiger partial charge in [0.15, 0.2) is 5.06 Å². The van der Waals surface area contributed by atoms with E-state index in [1.54, 1.807) is 27.8 Å². The van der Waals surface area contributed by atoms with Gasteiger partial charge >= 0.3 is 0 Å². The molecular formula is C22H30N2O3S2. The van der Waals surface area contributed by atoms with Gasteiger partial charge in [-0.15, -0.1) is 11.3 Å². The standard InChI is InChI=1S/C22H30N2O3S2/c1-16(2)23-11-9-19(10-12-23)27-22-14-18-8-13-24(15-21(18)28-22)29(25,26)20-6-4-17(3)5-7-20/h4-7,14,16,19H,8-13,15H2,1-3H3. The van der Waals surface area contributed by atoms with Crippen LogP contribution in [0.5, 0.6) is 5.06 Å². The molecule has 1 fully saturated rings. The first-order valence-corrected chi connectivity index (χ1v) is 12.7. The summed E-state index contributed by atoms with van der Waals surface area (Å²) in [6.45, 7) is 9.56. The predicted molar refractivity (Wildman–Crippen MR) is 117 cm³/mol. The number of hydrogen-bond donors (Lipinski definition) is 0. The number of benzene rings is 1. The molecule has 0 atom stereocenters. The molecule has 0 spiro atoms. The molecule has 1 aromatic carbocycles. The molecule has 5 nitrogen and oxygen atoms in total. The van der Waals surface area contributed by atoms with E-state index in [0.717, 1.165) is 47.9 Å². The minimum absolute atomic E-state index is 0.262. The summed E-state index contributed by atoms with van der Waals surface area (Å²) in [5.74, 6) is 0. The van der Waals surface area contributed by atoms with E-state index in [0.29, 0.717) is 24.0 Å². The van der Waals surface area contributed by atoms with E-state index in [-0.39, 0.29) is 6.10 Å². The Bertz CT molecular complexity index is 943. The summed E-state index contributed by atoms with van der Waals surface area (Å²) in [6.07, 6.45) is 3.10. The van der Waals surface area contributed by atoms with E-state index in [4.69, 9.17) is 4.74 Å². The number of nitrogens with zero attached hydrogens (tertiary/aromatic N) is 2. The third-order valence-electron chi connectivity index (χ3n) is 5.97. The Balaban J connectivity index is 1.42. The molecule has 0 amide bonds. The van der Waals surface area contributed by atoms with Crippen molar-refractivity contribution in [3.63, 3.8) is 0 Å². The topological polar surface area (TPSA) is 49.9 Å². The van der Waals surface area contributed by atoms with E-state index in [2.05, 4.69) is 24.8 Å². The van der Waals surface area contributed by atoms with E-state index >= 15 is 0 Å². The monoisotopic (exact) mass is 434 g/mol. The van der Waals surface area contributed by atoms with E-state index in [9.17, 15) is 8.42 Å². The summed E-state index contributed by atoms with van der Waals surface area (Å²) in [5, 5.41) is 0.938. The van der Waals surface area contributed by atoms with Gasteiger partial charge in [-0.3, -0.25) is 0 Å². The van der Waals surface area contributed by atoms with Crippen LogP contribution in [0, 0.1) is 6.92 Å². The number of rotatable bonds is 5. The van der Waals surface area contributed by atoms with Gasteiger partial charge in [-0.1, -0.05) is 17.7 Å². The molecular weight excluding hydrogens is 404 g/mol. The Morgan fingerprint density at radius 3 is 2.45 bits per heavy atom. The van der Waals surface area contributed by atoms with Crippen LogP contribution >= 0.6 is 11.3 Å². The number of ether oxygens (including phenoxy) is 1. The van der Waals surface area contributed by atoms with Gasteiger partial charge < -0.3 is 9.64 Å². The number of hydrogen-bond acceptors (Lipinski definition) is 5. The molecule has 158 valence electrons. The second kappa shape index (κ2) is 8.38. The highest BCUT2D eigenvalue weighted by Gasteiger charge is 2.30. The summed E-state index contributed by atoms with van der Waals surface area (Å²) < 4.78 is 33.9. The molecule has 0 radical (unpaired) electrons. The maximum Gasteiger partial charge on any atom is 0.243 e. The van der Waals surface area contributed by atoms with E-state index in [1.165, 1.54) is 5.56 Å². The van der Waals surface area contributed by atoms with Gasteiger partial charge in [0.2, 0.25) is 10.0 Å². The maximum atomic E-state index is 13.0.